The number of hydrogen-bond acceptors (Lipinski definition) is 2. The molecule has 0 aliphatic heterocycles. The maximum Gasteiger partial charge on any atom is 0.179 e. The van der Waals surface area contributed by atoms with Crippen LogP contribution in [-0.4, -0.2) is 20.8 Å². The topological polar surface area (TPSA) is 45.8 Å². The van der Waals surface area contributed by atoms with Gasteiger partial charge in [-0.15, -0.1) is 0 Å². The van der Waals surface area contributed by atoms with E-state index in [-0.39, 0.29) is 10.6 Å². The fourth-order valence-corrected chi connectivity index (χ4v) is 1.76. The molecule has 1 heterocycles. The number of aryl methyl sites for hydroxylation is 1. The van der Waals surface area contributed by atoms with Gasteiger partial charge in [0.25, 0.3) is 0 Å². The largest absolute Gasteiger partial charge is 0.293 e. The van der Waals surface area contributed by atoms with Crippen molar-refractivity contribution in [2.75, 3.05) is 0 Å². The average Bonchev–Trinajstić information content (AvgIpc) is 2.45. The fourth-order valence-electron chi connectivity index (χ4n) is 1.29. The number of alkyl halides is 1. The number of carbonyl (C=O) groups is 1. The highest BCUT2D eigenvalue weighted by Crippen LogP contribution is 2.23. The zero-order valence-corrected chi connectivity index (χ0v) is 7.39. The van der Waals surface area contributed by atoms with Crippen molar-refractivity contribution in [2.24, 2.45) is 0 Å². The van der Waals surface area contributed by atoms with Gasteiger partial charge in [-0.3, -0.25) is 9.89 Å². The molecule has 58 valence electrons. The Morgan fingerprint density at radius 2 is 2.55 bits per heavy atom. The van der Waals surface area contributed by atoms with Crippen LogP contribution < -0.4 is 0 Å². The standard InChI is InChI=1S/C7H7BrN2O/c8-5-1-2-6-4(7(5)11)3-9-10-6/h3,5H,1-2H2,(H,9,10)/t5-/m1/s1. The van der Waals surface area contributed by atoms with Crippen LogP contribution in [0.4, 0.5) is 0 Å². The minimum Gasteiger partial charge on any atom is -0.293 e. The van der Waals surface area contributed by atoms with E-state index in [9.17, 15) is 4.79 Å². The number of H-pyrrole nitrogens is 1. The van der Waals surface area contributed by atoms with E-state index in [0.29, 0.717) is 0 Å². The lowest BCUT2D eigenvalue weighted by atomic mass is 9.97. The summed E-state index contributed by atoms with van der Waals surface area (Å²) in [4.78, 5) is 11.4. The lowest BCUT2D eigenvalue weighted by Crippen LogP contribution is -2.21. The molecule has 0 unspecified atom stereocenters. The number of nitrogens with zero attached hydrogens (tertiary/aromatic N) is 1. The van der Waals surface area contributed by atoms with E-state index < -0.39 is 0 Å². The molecule has 0 spiro atoms. The second-order valence-corrected chi connectivity index (χ2v) is 3.74. The Morgan fingerprint density at radius 1 is 1.73 bits per heavy atom. The lowest BCUT2D eigenvalue weighted by Gasteiger charge is -2.13. The van der Waals surface area contributed by atoms with Gasteiger partial charge in [-0.1, -0.05) is 15.9 Å². The molecule has 2 rings (SSSR count). The summed E-state index contributed by atoms with van der Waals surface area (Å²) in [6, 6.07) is 0. The monoisotopic (exact) mass is 214 g/mol. The van der Waals surface area contributed by atoms with E-state index >= 15 is 0 Å². The maximum absolute atomic E-state index is 11.4. The van der Waals surface area contributed by atoms with Gasteiger partial charge in [-0.05, 0) is 12.8 Å². The van der Waals surface area contributed by atoms with Crippen LogP contribution in [0.3, 0.4) is 0 Å². The van der Waals surface area contributed by atoms with Crippen molar-refractivity contribution in [3.8, 4) is 0 Å². The molecule has 1 atom stereocenters. The molecule has 0 fully saturated rings. The molecular weight excluding hydrogens is 208 g/mol. The van der Waals surface area contributed by atoms with Crippen molar-refractivity contribution in [2.45, 2.75) is 17.7 Å². The summed E-state index contributed by atoms with van der Waals surface area (Å²) in [7, 11) is 0. The molecule has 0 radical (unpaired) electrons. The highest BCUT2D eigenvalue weighted by molar-refractivity contribution is 9.10. The lowest BCUT2D eigenvalue weighted by molar-refractivity contribution is 0.0981. The quantitative estimate of drug-likeness (QED) is 0.663. The van der Waals surface area contributed by atoms with E-state index in [0.717, 1.165) is 24.1 Å². The maximum atomic E-state index is 11.4. The molecule has 1 aliphatic carbocycles. The van der Waals surface area contributed by atoms with E-state index in [1.54, 1.807) is 6.20 Å². The number of aromatic amines is 1. The van der Waals surface area contributed by atoms with Crippen LogP contribution in [0.1, 0.15) is 22.5 Å². The third-order valence-electron chi connectivity index (χ3n) is 1.92. The molecule has 0 amide bonds. The molecule has 1 aromatic rings. The van der Waals surface area contributed by atoms with Crippen LogP contribution in [0.25, 0.3) is 0 Å². The molecule has 0 saturated heterocycles. The Hall–Kier alpha value is -0.640. The van der Waals surface area contributed by atoms with Crippen molar-refractivity contribution < 1.29 is 4.79 Å². The number of nitrogens with one attached hydrogen (secondary N) is 1. The summed E-state index contributed by atoms with van der Waals surface area (Å²) in [5.41, 5.74) is 1.73. The number of ketones is 1. The number of aromatic nitrogens is 2. The highest BCUT2D eigenvalue weighted by atomic mass is 79.9. The fraction of sp³-hybridized carbons (Fsp3) is 0.429. The highest BCUT2D eigenvalue weighted by Gasteiger charge is 2.26. The predicted octanol–water partition coefficient (Wildman–Crippen LogP) is 1.30. The Morgan fingerprint density at radius 3 is 3.36 bits per heavy atom. The summed E-state index contributed by atoms with van der Waals surface area (Å²) < 4.78 is 0. The molecule has 0 aromatic carbocycles. The van der Waals surface area contributed by atoms with Gasteiger partial charge in [0.05, 0.1) is 16.6 Å². The number of carbonyl (C=O) groups excluding carboxylic acids is 1. The summed E-state index contributed by atoms with van der Waals surface area (Å²) >= 11 is 3.32. The molecule has 0 bridgehead atoms. The van der Waals surface area contributed by atoms with Gasteiger partial charge in [0, 0.05) is 5.69 Å². The van der Waals surface area contributed by atoms with E-state index in [1.807, 2.05) is 0 Å². The Bertz CT molecular complexity index is 294. The van der Waals surface area contributed by atoms with Gasteiger partial charge in [-0.25, -0.2) is 0 Å². The molecule has 1 aliphatic rings. The Balaban J connectivity index is 2.46. The van der Waals surface area contributed by atoms with Gasteiger partial charge in [0.15, 0.2) is 5.78 Å². The first-order valence-electron chi connectivity index (χ1n) is 3.49. The molecule has 4 heteroatoms. The Kier molecular flexibility index (Phi) is 1.56. The second-order valence-electron chi connectivity index (χ2n) is 2.63. The number of hydrogen-bond donors (Lipinski definition) is 1. The summed E-state index contributed by atoms with van der Waals surface area (Å²) in [6.45, 7) is 0. The van der Waals surface area contributed by atoms with Crippen LogP contribution in [-0.2, 0) is 6.42 Å². The SMILES string of the molecule is O=C1c2cn[nH]c2CC[C@H]1Br. The zero-order chi connectivity index (χ0) is 7.84. The van der Waals surface area contributed by atoms with Crippen molar-refractivity contribution >= 4 is 21.7 Å². The Labute approximate surface area is 72.3 Å². The van der Waals surface area contributed by atoms with Crippen molar-refractivity contribution in [1.29, 1.82) is 0 Å². The number of fused-ring (bicyclic) bond motifs is 1. The third kappa shape index (κ3) is 1.01. The minimum absolute atomic E-state index is 0.00685. The number of halogens is 1. The van der Waals surface area contributed by atoms with Crippen molar-refractivity contribution in [1.82, 2.24) is 10.2 Å². The van der Waals surface area contributed by atoms with Crippen LogP contribution in [0.2, 0.25) is 0 Å². The van der Waals surface area contributed by atoms with Crippen LogP contribution >= 0.6 is 15.9 Å². The normalized spacial score (nSPS) is 23.4. The van der Waals surface area contributed by atoms with Crippen LogP contribution in [0, 0.1) is 0 Å². The van der Waals surface area contributed by atoms with Crippen molar-refractivity contribution in [3.05, 3.63) is 17.5 Å². The van der Waals surface area contributed by atoms with Gasteiger partial charge in [-0.2, -0.15) is 5.10 Å². The second kappa shape index (κ2) is 2.44. The average molecular weight is 215 g/mol. The van der Waals surface area contributed by atoms with Crippen LogP contribution in [0.5, 0.6) is 0 Å². The van der Waals surface area contributed by atoms with Gasteiger partial charge in [0.1, 0.15) is 0 Å². The number of Topliss-reactive ketones (excluding diaryl/α,β-unsaturated/α-hetero) is 1. The zero-order valence-electron chi connectivity index (χ0n) is 5.80. The van der Waals surface area contributed by atoms with Gasteiger partial charge in [0.2, 0.25) is 0 Å². The third-order valence-corrected chi connectivity index (χ3v) is 2.79. The molecule has 0 saturated carbocycles. The summed E-state index contributed by atoms with van der Waals surface area (Å²) in [5, 5.41) is 6.64. The molecular formula is C7H7BrN2O. The summed E-state index contributed by atoms with van der Waals surface area (Å²) in [6.07, 6.45) is 3.39. The predicted molar refractivity (Wildman–Crippen MR) is 44.0 cm³/mol. The van der Waals surface area contributed by atoms with Gasteiger partial charge >= 0.3 is 0 Å². The van der Waals surface area contributed by atoms with E-state index in [2.05, 4.69) is 26.1 Å². The molecule has 1 N–H and O–H groups in total. The number of rotatable bonds is 0. The van der Waals surface area contributed by atoms with E-state index in [4.69, 9.17) is 0 Å². The van der Waals surface area contributed by atoms with Crippen molar-refractivity contribution in [3.63, 3.8) is 0 Å². The summed E-state index contributed by atoms with van der Waals surface area (Å²) in [5.74, 6) is 0.153. The molecule has 1 aromatic heterocycles. The minimum atomic E-state index is -0.00685. The smallest absolute Gasteiger partial charge is 0.179 e. The van der Waals surface area contributed by atoms with Crippen LogP contribution in [0.15, 0.2) is 6.20 Å². The molecule has 11 heavy (non-hydrogen) atoms. The van der Waals surface area contributed by atoms with Gasteiger partial charge < -0.3 is 0 Å². The molecule has 3 nitrogen and oxygen atoms in total. The first kappa shape index (κ1) is 7.03. The first-order chi connectivity index (χ1) is 5.29. The first-order valence-corrected chi connectivity index (χ1v) is 4.41. The van der Waals surface area contributed by atoms with E-state index in [1.165, 1.54) is 0 Å².